The van der Waals surface area contributed by atoms with E-state index < -0.39 is 0 Å². The Morgan fingerprint density at radius 2 is 2.00 bits per heavy atom. The van der Waals surface area contributed by atoms with Gasteiger partial charge < -0.3 is 0 Å². The second kappa shape index (κ2) is 4.41. The normalized spacial score (nSPS) is 10.3. The third-order valence-corrected chi connectivity index (χ3v) is 2.44. The highest BCUT2D eigenvalue weighted by atomic mass is 35.5. The fraction of sp³-hybridized carbons (Fsp3) is 0.0833. The fourth-order valence-electron chi connectivity index (χ4n) is 1.40. The highest BCUT2D eigenvalue weighted by Crippen LogP contribution is 2.22. The Labute approximate surface area is 92.5 Å². The quantitative estimate of drug-likeness (QED) is 0.706. The number of alkyl halides is 1. The predicted molar refractivity (Wildman–Crippen MR) is 59.2 cm³/mol. The molecule has 2 aromatic rings. The molecule has 0 spiro atoms. The summed E-state index contributed by atoms with van der Waals surface area (Å²) in [6.45, 7) is 0. The summed E-state index contributed by atoms with van der Waals surface area (Å²) < 4.78 is 13.5. The lowest BCUT2D eigenvalue weighted by Gasteiger charge is -2.03. The molecular formula is C12H9ClFN. The van der Waals surface area contributed by atoms with Gasteiger partial charge in [-0.15, -0.1) is 11.6 Å². The smallest absolute Gasteiger partial charge is 0.131 e. The Morgan fingerprint density at radius 1 is 1.20 bits per heavy atom. The summed E-state index contributed by atoms with van der Waals surface area (Å²) in [7, 11) is 0. The van der Waals surface area contributed by atoms with Crippen molar-refractivity contribution in [1.29, 1.82) is 0 Å². The molecule has 0 amide bonds. The number of hydrogen-bond donors (Lipinski definition) is 0. The topological polar surface area (TPSA) is 12.9 Å². The van der Waals surface area contributed by atoms with E-state index >= 15 is 0 Å². The van der Waals surface area contributed by atoms with Gasteiger partial charge in [-0.25, -0.2) is 4.39 Å². The zero-order chi connectivity index (χ0) is 10.7. The Kier molecular flexibility index (Phi) is 2.97. The van der Waals surface area contributed by atoms with Gasteiger partial charge in [0.05, 0.1) is 0 Å². The molecule has 0 saturated carbocycles. The summed E-state index contributed by atoms with van der Waals surface area (Å²) in [5, 5.41) is 0. The SMILES string of the molecule is Fc1ccccc1-c1cncc(CCl)c1. The maximum Gasteiger partial charge on any atom is 0.131 e. The zero-order valence-corrected chi connectivity index (χ0v) is 8.71. The van der Waals surface area contributed by atoms with Crippen molar-refractivity contribution in [3.8, 4) is 11.1 Å². The van der Waals surface area contributed by atoms with E-state index in [1.807, 2.05) is 6.07 Å². The number of hydrogen-bond acceptors (Lipinski definition) is 1. The highest BCUT2D eigenvalue weighted by Gasteiger charge is 2.04. The van der Waals surface area contributed by atoms with Gasteiger partial charge in [-0.1, -0.05) is 18.2 Å². The molecule has 0 radical (unpaired) electrons. The van der Waals surface area contributed by atoms with Crippen LogP contribution in [0.2, 0.25) is 0 Å². The first-order chi connectivity index (χ1) is 7.31. The van der Waals surface area contributed by atoms with Crippen LogP contribution in [0.3, 0.4) is 0 Å². The molecule has 0 aliphatic carbocycles. The molecule has 1 aromatic carbocycles. The highest BCUT2D eigenvalue weighted by molar-refractivity contribution is 6.17. The second-order valence-electron chi connectivity index (χ2n) is 3.20. The Balaban J connectivity index is 2.49. The molecule has 0 bridgehead atoms. The first-order valence-electron chi connectivity index (χ1n) is 4.56. The molecule has 1 heterocycles. The minimum absolute atomic E-state index is 0.244. The van der Waals surface area contributed by atoms with Crippen LogP contribution < -0.4 is 0 Å². The first-order valence-corrected chi connectivity index (χ1v) is 5.09. The molecule has 0 N–H and O–H groups in total. The minimum Gasteiger partial charge on any atom is -0.264 e. The molecule has 0 saturated heterocycles. The average Bonchev–Trinajstić information content (AvgIpc) is 2.30. The Morgan fingerprint density at radius 3 is 2.73 bits per heavy atom. The van der Waals surface area contributed by atoms with Crippen LogP contribution in [0.1, 0.15) is 5.56 Å². The number of pyridine rings is 1. The molecule has 1 aromatic heterocycles. The largest absolute Gasteiger partial charge is 0.264 e. The van der Waals surface area contributed by atoms with Gasteiger partial charge in [-0.3, -0.25) is 4.98 Å². The molecule has 2 rings (SSSR count). The van der Waals surface area contributed by atoms with E-state index in [-0.39, 0.29) is 5.82 Å². The zero-order valence-electron chi connectivity index (χ0n) is 7.95. The molecule has 0 fully saturated rings. The lowest BCUT2D eigenvalue weighted by atomic mass is 10.1. The van der Waals surface area contributed by atoms with E-state index in [9.17, 15) is 4.39 Å². The van der Waals surface area contributed by atoms with Crippen molar-refractivity contribution in [2.45, 2.75) is 5.88 Å². The predicted octanol–water partition coefficient (Wildman–Crippen LogP) is 3.63. The lowest BCUT2D eigenvalue weighted by molar-refractivity contribution is 0.631. The van der Waals surface area contributed by atoms with Gasteiger partial charge in [-0.2, -0.15) is 0 Å². The van der Waals surface area contributed by atoms with Crippen molar-refractivity contribution in [3.63, 3.8) is 0 Å². The van der Waals surface area contributed by atoms with Crippen LogP contribution in [0.5, 0.6) is 0 Å². The van der Waals surface area contributed by atoms with E-state index in [2.05, 4.69) is 4.98 Å². The number of halogens is 2. The Hall–Kier alpha value is -1.41. The average molecular weight is 222 g/mol. The molecule has 0 atom stereocenters. The van der Waals surface area contributed by atoms with E-state index in [1.165, 1.54) is 6.07 Å². The maximum absolute atomic E-state index is 13.5. The number of aromatic nitrogens is 1. The van der Waals surface area contributed by atoms with Crippen molar-refractivity contribution in [2.24, 2.45) is 0 Å². The number of benzene rings is 1. The minimum atomic E-state index is -0.244. The molecule has 0 aliphatic rings. The van der Waals surface area contributed by atoms with Crippen LogP contribution in [-0.2, 0) is 5.88 Å². The summed E-state index contributed by atoms with van der Waals surface area (Å²) in [6, 6.07) is 8.47. The van der Waals surface area contributed by atoms with E-state index in [4.69, 9.17) is 11.6 Å². The van der Waals surface area contributed by atoms with Gasteiger partial charge in [0.25, 0.3) is 0 Å². The summed E-state index contributed by atoms with van der Waals surface area (Å²) in [5.74, 6) is 0.140. The van der Waals surface area contributed by atoms with Crippen molar-refractivity contribution in [2.75, 3.05) is 0 Å². The van der Waals surface area contributed by atoms with Gasteiger partial charge in [-0.05, 0) is 17.7 Å². The number of rotatable bonds is 2. The summed E-state index contributed by atoms with van der Waals surface area (Å²) in [5.41, 5.74) is 2.20. The molecule has 0 unspecified atom stereocenters. The third-order valence-electron chi connectivity index (χ3n) is 2.13. The Bertz CT molecular complexity index is 471. The monoisotopic (exact) mass is 221 g/mol. The third kappa shape index (κ3) is 2.16. The van der Waals surface area contributed by atoms with Crippen molar-refractivity contribution in [3.05, 3.63) is 54.1 Å². The van der Waals surface area contributed by atoms with Gasteiger partial charge in [0, 0.05) is 29.4 Å². The summed E-state index contributed by atoms with van der Waals surface area (Å²) in [4.78, 5) is 4.02. The van der Waals surface area contributed by atoms with E-state index in [0.717, 1.165) is 11.1 Å². The second-order valence-corrected chi connectivity index (χ2v) is 3.46. The maximum atomic E-state index is 13.5. The lowest BCUT2D eigenvalue weighted by Crippen LogP contribution is -1.87. The van der Waals surface area contributed by atoms with Crippen LogP contribution in [-0.4, -0.2) is 4.98 Å². The van der Waals surface area contributed by atoms with Gasteiger partial charge in [0.15, 0.2) is 0 Å². The standard InChI is InChI=1S/C12H9ClFN/c13-6-9-5-10(8-15-7-9)11-3-1-2-4-12(11)14/h1-5,7-8H,6H2. The van der Waals surface area contributed by atoms with Crippen LogP contribution in [0.4, 0.5) is 4.39 Å². The molecular weight excluding hydrogens is 213 g/mol. The fourth-order valence-corrected chi connectivity index (χ4v) is 1.55. The van der Waals surface area contributed by atoms with Crippen molar-refractivity contribution < 1.29 is 4.39 Å². The molecule has 3 heteroatoms. The van der Waals surface area contributed by atoms with Crippen LogP contribution in [0.25, 0.3) is 11.1 Å². The van der Waals surface area contributed by atoms with Gasteiger partial charge in [0.2, 0.25) is 0 Å². The van der Waals surface area contributed by atoms with Crippen LogP contribution in [0, 0.1) is 5.82 Å². The van der Waals surface area contributed by atoms with Crippen LogP contribution in [0.15, 0.2) is 42.7 Å². The summed E-state index contributed by atoms with van der Waals surface area (Å²) in [6.07, 6.45) is 3.31. The van der Waals surface area contributed by atoms with E-state index in [0.29, 0.717) is 11.4 Å². The van der Waals surface area contributed by atoms with Gasteiger partial charge >= 0.3 is 0 Å². The van der Waals surface area contributed by atoms with Gasteiger partial charge in [0.1, 0.15) is 5.82 Å². The molecule has 76 valence electrons. The molecule has 0 aliphatic heterocycles. The van der Waals surface area contributed by atoms with Crippen molar-refractivity contribution in [1.82, 2.24) is 4.98 Å². The number of nitrogens with zero attached hydrogens (tertiary/aromatic N) is 1. The van der Waals surface area contributed by atoms with Crippen LogP contribution >= 0.6 is 11.6 Å². The van der Waals surface area contributed by atoms with E-state index in [1.54, 1.807) is 30.6 Å². The summed E-state index contributed by atoms with van der Waals surface area (Å²) >= 11 is 5.69. The molecule has 1 nitrogen and oxygen atoms in total. The van der Waals surface area contributed by atoms with Crippen molar-refractivity contribution >= 4 is 11.6 Å². The molecule has 15 heavy (non-hydrogen) atoms. The first kappa shape index (κ1) is 10.1.